The molecule has 1 saturated heterocycles. The van der Waals surface area contributed by atoms with Crippen molar-refractivity contribution in [2.75, 3.05) is 16.8 Å². The van der Waals surface area contributed by atoms with E-state index in [-0.39, 0.29) is 11.8 Å². The lowest BCUT2D eigenvalue weighted by Gasteiger charge is -2.20. The lowest BCUT2D eigenvalue weighted by Crippen LogP contribution is -2.28. The van der Waals surface area contributed by atoms with Gasteiger partial charge in [-0.15, -0.1) is 0 Å². The van der Waals surface area contributed by atoms with Crippen molar-refractivity contribution in [2.24, 2.45) is 0 Å². The quantitative estimate of drug-likeness (QED) is 0.818. The zero-order valence-corrected chi connectivity index (χ0v) is 15.6. The topological polar surface area (TPSA) is 49.4 Å². The molecule has 2 fully saturated rings. The van der Waals surface area contributed by atoms with Gasteiger partial charge in [0.25, 0.3) is 0 Å². The molecule has 2 aliphatic rings. The Morgan fingerprint density at radius 1 is 1.08 bits per heavy atom. The van der Waals surface area contributed by atoms with Gasteiger partial charge < -0.3 is 10.2 Å². The van der Waals surface area contributed by atoms with Crippen LogP contribution in [0.2, 0.25) is 10.0 Å². The van der Waals surface area contributed by atoms with E-state index >= 15 is 0 Å². The van der Waals surface area contributed by atoms with Gasteiger partial charge >= 0.3 is 0 Å². The molecule has 2 aromatic carbocycles. The van der Waals surface area contributed by atoms with Gasteiger partial charge in [-0.05, 0) is 55.2 Å². The SMILES string of the molecule is O=C1CCCN1c1ccc(Cl)c(NC(=O)C2(c3ccc(Cl)cc3)CC2)c1. The van der Waals surface area contributed by atoms with E-state index in [1.165, 1.54) is 0 Å². The average molecular weight is 389 g/mol. The summed E-state index contributed by atoms with van der Waals surface area (Å²) in [5, 5.41) is 4.07. The predicted octanol–water partition coefficient (Wildman–Crippen LogP) is 4.79. The van der Waals surface area contributed by atoms with Crippen molar-refractivity contribution in [3.05, 3.63) is 58.1 Å². The van der Waals surface area contributed by atoms with E-state index in [0.717, 1.165) is 30.5 Å². The van der Waals surface area contributed by atoms with E-state index in [9.17, 15) is 9.59 Å². The monoisotopic (exact) mass is 388 g/mol. The van der Waals surface area contributed by atoms with Crippen LogP contribution in [-0.4, -0.2) is 18.4 Å². The van der Waals surface area contributed by atoms with Gasteiger partial charge in [0.1, 0.15) is 0 Å². The second-order valence-electron chi connectivity index (χ2n) is 6.86. The highest BCUT2D eigenvalue weighted by Crippen LogP contribution is 2.49. The predicted molar refractivity (Wildman–Crippen MR) is 104 cm³/mol. The maximum atomic E-state index is 12.9. The molecule has 1 aliphatic carbocycles. The average Bonchev–Trinajstić information content (AvgIpc) is 3.33. The van der Waals surface area contributed by atoms with Crippen LogP contribution in [0, 0.1) is 0 Å². The maximum Gasteiger partial charge on any atom is 0.235 e. The van der Waals surface area contributed by atoms with Crippen molar-refractivity contribution in [2.45, 2.75) is 31.1 Å². The Morgan fingerprint density at radius 3 is 2.42 bits per heavy atom. The molecule has 0 unspecified atom stereocenters. The number of rotatable bonds is 4. The van der Waals surface area contributed by atoms with Crippen LogP contribution in [-0.2, 0) is 15.0 Å². The summed E-state index contributed by atoms with van der Waals surface area (Å²) in [5.41, 5.74) is 1.74. The number of halogens is 2. The highest BCUT2D eigenvalue weighted by Gasteiger charge is 2.51. The van der Waals surface area contributed by atoms with E-state index in [4.69, 9.17) is 23.2 Å². The van der Waals surface area contributed by atoms with Gasteiger partial charge in [-0.2, -0.15) is 0 Å². The van der Waals surface area contributed by atoms with Crippen LogP contribution in [0.25, 0.3) is 0 Å². The first kappa shape index (κ1) is 17.4. The van der Waals surface area contributed by atoms with Crippen LogP contribution < -0.4 is 10.2 Å². The second-order valence-corrected chi connectivity index (χ2v) is 7.70. The fraction of sp³-hybridized carbons (Fsp3) is 0.300. The summed E-state index contributed by atoms with van der Waals surface area (Å²) in [5.74, 6) is 0.0241. The van der Waals surface area contributed by atoms with E-state index in [2.05, 4.69) is 5.32 Å². The molecule has 1 N–H and O–H groups in total. The fourth-order valence-corrected chi connectivity index (χ4v) is 3.77. The zero-order valence-electron chi connectivity index (χ0n) is 14.1. The van der Waals surface area contributed by atoms with Crippen molar-refractivity contribution in [1.29, 1.82) is 0 Å². The Bertz CT molecular complexity index is 876. The smallest absolute Gasteiger partial charge is 0.235 e. The van der Waals surface area contributed by atoms with Crippen LogP contribution in [0.15, 0.2) is 42.5 Å². The van der Waals surface area contributed by atoms with Gasteiger partial charge in [-0.25, -0.2) is 0 Å². The molecule has 0 aromatic heterocycles. The third-order valence-corrected chi connectivity index (χ3v) is 5.75. The zero-order chi connectivity index (χ0) is 18.3. The summed E-state index contributed by atoms with van der Waals surface area (Å²) in [6.07, 6.45) is 3.00. The van der Waals surface area contributed by atoms with E-state index in [0.29, 0.717) is 28.7 Å². The Labute approximate surface area is 162 Å². The van der Waals surface area contributed by atoms with Crippen LogP contribution in [0.4, 0.5) is 11.4 Å². The number of hydrogen-bond acceptors (Lipinski definition) is 2. The normalized spacial score (nSPS) is 18.1. The lowest BCUT2D eigenvalue weighted by molar-refractivity contribution is -0.118. The number of amides is 2. The number of nitrogens with zero attached hydrogens (tertiary/aromatic N) is 1. The minimum absolute atomic E-state index is 0.0772. The number of benzene rings is 2. The highest BCUT2D eigenvalue weighted by atomic mass is 35.5. The number of hydrogen-bond donors (Lipinski definition) is 1. The molecule has 0 radical (unpaired) electrons. The van der Waals surface area contributed by atoms with Gasteiger partial charge in [-0.3, -0.25) is 9.59 Å². The van der Waals surface area contributed by atoms with Crippen molar-refractivity contribution in [1.82, 2.24) is 0 Å². The number of anilines is 2. The molecule has 6 heteroatoms. The largest absolute Gasteiger partial charge is 0.324 e. The van der Waals surface area contributed by atoms with E-state index in [1.54, 1.807) is 29.2 Å². The van der Waals surface area contributed by atoms with Gasteiger partial charge in [0.15, 0.2) is 0 Å². The van der Waals surface area contributed by atoms with Crippen LogP contribution >= 0.6 is 23.2 Å². The number of nitrogens with one attached hydrogen (secondary N) is 1. The number of carbonyl (C=O) groups excluding carboxylic acids is 2. The molecule has 2 amide bonds. The maximum absolute atomic E-state index is 12.9. The van der Waals surface area contributed by atoms with Crippen molar-refractivity contribution < 1.29 is 9.59 Å². The van der Waals surface area contributed by atoms with Crippen molar-refractivity contribution in [3.8, 4) is 0 Å². The Morgan fingerprint density at radius 2 is 1.81 bits per heavy atom. The molecule has 0 atom stereocenters. The van der Waals surface area contributed by atoms with Gasteiger partial charge in [0.05, 0.1) is 16.1 Å². The summed E-state index contributed by atoms with van der Waals surface area (Å²) in [6, 6.07) is 12.7. The summed E-state index contributed by atoms with van der Waals surface area (Å²) in [6.45, 7) is 0.697. The minimum Gasteiger partial charge on any atom is -0.324 e. The summed E-state index contributed by atoms with van der Waals surface area (Å²) in [7, 11) is 0. The fourth-order valence-electron chi connectivity index (χ4n) is 3.48. The standard InChI is InChI=1S/C20H18Cl2N2O2/c21-14-5-3-13(4-6-14)20(9-10-20)19(26)23-17-12-15(7-8-16(17)22)24-11-1-2-18(24)25/h3-8,12H,1-2,9-11H2,(H,23,26). The summed E-state index contributed by atoms with van der Waals surface area (Å²) >= 11 is 12.2. The third-order valence-electron chi connectivity index (χ3n) is 5.16. The Hall–Kier alpha value is -2.04. The molecule has 0 bridgehead atoms. The molecule has 1 heterocycles. The summed E-state index contributed by atoms with van der Waals surface area (Å²) in [4.78, 5) is 26.7. The molecule has 1 aliphatic heterocycles. The molecule has 134 valence electrons. The number of carbonyl (C=O) groups is 2. The second kappa shape index (κ2) is 6.60. The van der Waals surface area contributed by atoms with Gasteiger partial charge in [-0.1, -0.05) is 35.3 Å². The van der Waals surface area contributed by atoms with Crippen molar-refractivity contribution in [3.63, 3.8) is 0 Å². The first-order valence-corrected chi connectivity index (χ1v) is 9.43. The Balaban J connectivity index is 1.58. The minimum atomic E-state index is -0.520. The van der Waals surface area contributed by atoms with Crippen molar-refractivity contribution >= 4 is 46.4 Å². The molecular weight excluding hydrogens is 371 g/mol. The first-order chi connectivity index (χ1) is 12.5. The van der Waals surface area contributed by atoms with Gasteiger partial charge in [0, 0.05) is 23.7 Å². The molecule has 0 spiro atoms. The van der Waals surface area contributed by atoms with Gasteiger partial charge in [0.2, 0.25) is 11.8 Å². The molecular formula is C20H18Cl2N2O2. The summed E-state index contributed by atoms with van der Waals surface area (Å²) < 4.78 is 0. The molecule has 4 nitrogen and oxygen atoms in total. The van der Waals surface area contributed by atoms with E-state index in [1.807, 2.05) is 18.2 Å². The van der Waals surface area contributed by atoms with Crippen LogP contribution in [0.3, 0.4) is 0 Å². The van der Waals surface area contributed by atoms with E-state index < -0.39 is 5.41 Å². The highest BCUT2D eigenvalue weighted by molar-refractivity contribution is 6.34. The first-order valence-electron chi connectivity index (χ1n) is 8.67. The molecule has 4 rings (SSSR count). The Kier molecular flexibility index (Phi) is 4.41. The molecule has 2 aromatic rings. The van der Waals surface area contributed by atoms with Crippen LogP contribution in [0.5, 0.6) is 0 Å². The molecule has 1 saturated carbocycles. The van der Waals surface area contributed by atoms with Crippen LogP contribution in [0.1, 0.15) is 31.2 Å². The third kappa shape index (κ3) is 3.08. The molecule has 26 heavy (non-hydrogen) atoms. The lowest BCUT2D eigenvalue weighted by atomic mass is 9.95.